The first kappa shape index (κ1) is 11.8. The summed E-state index contributed by atoms with van der Waals surface area (Å²) in [6.07, 6.45) is 0. The van der Waals surface area contributed by atoms with Crippen molar-refractivity contribution in [3.05, 3.63) is 46.7 Å². The van der Waals surface area contributed by atoms with E-state index in [4.69, 9.17) is 4.63 Å². The summed E-state index contributed by atoms with van der Waals surface area (Å²) in [6.45, 7) is 2.10. The average Bonchev–Trinajstić information content (AvgIpc) is 3.18. The number of aryl methyl sites for hydroxylation is 1. The van der Waals surface area contributed by atoms with Crippen molar-refractivity contribution in [1.82, 2.24) is 10.3 Å². The predicted octanol–water partition coefficient (Wildman–Crippen LogP) is 4.99. The van der Waals surface area contributed by atoms with Crippen molar-refractivity contribution in [2.45, 2.75) is 6.92 Å². The monoisotopic (exact) mass is 298 g/mol. The highest BCUT2D eigenvalue weighted by Crippen LogP contribution is 2.37. The van der Waals surface area contributed by atoms with Crippen LogP contribution in [0.4, 0.5) is 0 Å². The minimum absolute atomic E-state index is 0.830. The van der Waals surface area contributed by atoms with E-state index in [-0.39, 0.29) is 0 Å². The molecule has 0 spiro atoms. The Morgan fingerprint density at radius 1 is 0.900 bits per heavy atom. The lowest BCUT2D eigenvalue weighted by atomic mass is 10.1. The van der Waals surface area contributed by atoms with Crippen molar-refractivity contribution in [1.29, 1.82) is 0 Å². The van der Waals surface area contributed by atoms with Gasteiger partial charge >= 0.3 is 0 Å². The van der Waals surface area contributed by atoms with Crippen LogP contribution >= 0.6 is 22.7 Å². The summed E-state index contributed by atoms with van der Waals surface area (Å²) in [7, 11) is 0. The molecule has 0 saturated carbocycles. The Morgan fingerprint density at radius 2 is 1.65 bits per heavy atom. The van der Waals surface area contributed by atoms with Gasteiger partial charge in [0.25, 0.3) is 0 Å². The largest absolute Gasteiger partial charge is 0.243 e. The Hall–Kier alpha value is -1.98. The van der Waals surface area contributed by atoms with Crippen LogP contribution in [0.5, 0.6) is 0 Å². The molecule has 0 N–H and O–H groups in total. The van der Waals surface area contributed by atoms with E-state index < -0.39 is 0 Å². The number of aromatic nitrogens is 2. The third-order valence-corrected chi connectivity index (χ3v) is 5.15. The number of thiophene rings is 2. The molecule has 0 radical (unpaired) electrons. The molecule has 5 heteroatoms. The number of hydrogen-bond acceptors (Lipinski definition) is 5. The van der Waals surface area contributed by atoms with E-state index in [2.05, 4.69) is 52.9 Å². The van der Waals surface area contributed by atoms with Gasteiger partial charge in [0, 0.05) is 25.8 Å². The lowest BCUT2D eigenvalue weighted by molar-refractivity contribution is 0.315. The Bertz CT molecular complexity index is 874. The first-order chi connectivity index (χ1) is 9.83. The molecule has 0 aliphatic rings. The van der Waals surface area contributed by atoms with Gasteiger partial charge in [-0.3, -0.25) is 0 Å². The molecule has 3 nitrogen and oxygen atoms in total. The van der Waals surface area contributed by atoms with Crippen LogP contribution in [0.2, 0.25) is 0 Å². The molecule has 1 aromatic carbocycles. The molecule has 0 bridgehead atoms. The Balaban J connectivity index is 1.98. The van der Waals surface area contributed by atoms with Crippen molar-refractivity contribution in [3.8, 4) is 20.9 Å². The molecule has 98 valence electrons. The summed E-state index contributed by atoms with van der Waals surface area (Å²) in [6, 6.07) is 12.6. The fourth-order valence-corrected chi connectivity index (χ4v) is 3.92. The lowest BCUT2D eigenvalue weighted by Gasteiger charge is -2.02. The fraction of sp³-hybridized carbons (Fsp3) is 0.0667. The first-order valence-corrected chi connectivity index (χ1v) is 7.88. The zero-order chi connectivity index (χ0) is 13.5. The minimum Gasteiger partial charge on any atom is -0.243 e. The quantitative estimate of drug-likeness (QED) is 0.523. The van der Waals surface area contributed by atoms with Crippen molar-refractivity contribution in [2.24, 2.45) is 0 Å². The van der Waals surface area contributed by atoms with Crippen LogP contribution in [0.1, 0.15) is 4.88 Å². The molecule has 0 fully saturated rings. The van der Waals surface area contributed by atoms with Crippen LogP contribution in [0.3, 0.4) is 0 Å². The Morgan fingerprint density at radius 3 is 2.25 bits per heavy atom. The Kier molecular flexibility index (Phi) is 2.68. The molecular weight excluding hydrogens is 288 g/mol. The summed E-state index contributed by atoms with van der Waals surface area (Å²) < 4.78 is 4.98. The average molecular weight is 298 g/mol. The van der Waals surface area contributed by atoms with Crippen LogP contribution in [0.15, 0.2) is 46.4 Å². The summed E-state index contributed by atoms with van der Waals surface area (Å²) in [5.74, 6) is 0. The SMILES string of the molecule is Cc1ccc(-c2ccc(-c3cccs3)c3nonc23)s1. The molecule has 4 rings (SSSR count). The number of nitrogens with zero attached hydrogens (tertiary/aromatic N) is 2. The van der Waals surface area contributed by atoms with Crippen molar-refractivity contribution >= 4 is 33.7 Å². The highest BCUT2D eigenvalue weighted by atomic mass is 32.1. The van der Waals surface area contributed by atoms with E-state index in [0.29, 0.717) is 0 Å². The van der Waals surface area contributed by atoms with Gasteiger partial charge in [0.15, 0.2) is 0 Å². The van der Waals surface area contributed by atoms with E-state index in [1.807, 2.05) is 6.07 Å². The van der Waals surface area contributed by atoms with Gasteiger partial charge in [0.05, 0.1) is 0 Å². The van der Waals surface area contributed by atoms with Gasteiger partial charge in [-0.25, -0.2) is 4.63 Å². The second kappa shape index (κ2) is 4.54. The van der Waals surface area contributed by atoms with Crippen LogP contribution in [-0.2, 0) is 0 Å². The molecule has 4 aromatic rings. The summed E-state index contributed by atoms with van der Waals surface area (Å²) in [5, 5.41) is 10.3. The second-order valence-electron chi connectivity index (χ2n) is 4.51. The number of rotatable bonds is 2. The predicted molar refractivity (Wildman–Crippen MR) is 83.2 cm³/mol. The van der Waals surface area contributed by atoms with Crippen LogP contribution in [-0.4, -0.2) is 10.3 Å². The summed E-state index contributed by atoms with van der Waals surface area (Å²) in [5.41, 5.74) is 3.82. The van der Waals surface area contributed by atoms with Gasteiger partial charge in [-0.2, -0.15) is 0 Å². The zero-order valence-corrected chi connectivity index (χ0v) is 12.3. The molecule has 0 aliphatic heterocycles. The molecule has 3 aromatic heterocycles. The summed E-state index contributed by atoms with van der Waals surface area (Å²) >= 11 is 3.45. The molecule has 0 saturated heterocycles. The van der Waals surface area contributed by atoms with E-state index in [9.17, 15) is 0 Å². The van der Waals surface area contributed by atoms with Crippen molar-refractivity contribution < 1.29 is 4.63 Å². The van der Waals surface area contributed by atoms with E-state index in [1.54, 1.807) is 22.7 Å². The maximum atomic E-state index is 4.98. The van der Waals surface area contributed by atoms with Crippen molar-refractivity contribution in [2.75, 3.05) is 0 Å². The van der Waals surface area contributed by atoms with Gasteiger partial charge in [0.1, 0.15) is 11.0 Å². The second-order valence-corrected chi connectivity index (χ2v) is 6.75. The highest BCUT2D eigenvalue weighted by molar-refractivity contribution is 7.15. The maximum Gasteiger partial charge on any atom is 0.144 e. The first-order valence-electron chi connectivity index (χ1n) is 6.19. The molecular formula is C15H10N2OS2. The third kappa shape index (κ3) is 1.78. The molecule has 0 aliphatic carbocycles. The minimum atomic E-state index is 0.830. The fourth-order valence-electron chi connectivity index (χ4n) is 2.28. The maximum absolute atomic E-state index is 4.98. The number of hydrogen-bond donors (Lipinski definition) is 0. The topological polar surface area (TPSA) is 38.9 Å². The molecule has 0 atom stereocenters. The number of fused-ring (bicyclic) bond motifs is 1. The van der Waals surface area contributed by atoms with E-state index in [0.717, 1.165) is 22.2 Å². The zero-order valence-electron chi connectivity index (χ0n) is 10.7. The van der Waals surface area contributed by atoms with Gasteiger partial charge < -0.3 is 0 Å². The molecule has 3 heterocycles. The van der Waals surface area contributed by atoms with Crippen LogP contribution in [0.25, 0.3) is 31.9 Å². The lowest BCUT2D eigenvalue weighted by Crippen LogP contribution is -1.81. The van der Waals surface area contributed by atoms with Crippen LogP contribution < -0.4 is 0 Å². The molecule has 0 unspecified atom stereocenters. The van der Waals surface area contributed by atoms with Crippen molar-refractivity contribution in [3.63, 3.8) is 0 Å². The van der Waals surface area contributed by atoms with Gasteiger partial charge in [0.2, 0.25) is 0 Å². The van der Waals surface area contributed by atoms with Gasteiger partial charge in [-0.05, 0) is 40.8 Å². The van der Waals surface area contributed by atoms with Gasteiger partial charge in [-0.15, -0.1) is 22.7 Å². The Labute approximate surface area is 123 Å². The normalized spacial score (nSPS) is 11.2. The number of benzene rings is 1. The van der Waals surface area contributed by atoms with Crippen LogP contribution in [0, 0.1) is 6.92 Å². The van der Waals surface area contributed by atoms with E-state index >= 15 is 0 Å². The third-order valence-electron chi connectivity index (χ3n) is 3.21. The smallest absolute Gasteiger partial charge is 0.144 e. The summed E-state index contributed by atoms with van der Waals surface area (Å²) in [4.78, 5) is 3.66. The highest BCUT2D eigenvalue weighted by Gasteiger charge is 2.15. The standard InChI is InChI=1S/C15H10N2OS2/c1-9-4-7-13(20-9)11-6-5-10(12-3-2-8-19-12)14-15(11)17-18-16-14/h2-8H,1H3. The molecule has 0 amide bonds. The van der Waals surface area contributed by atoms with Gasteiger partial charge in [-0.1, -0.05) is 18.2 Å². The van der Waals surface area contributed by atoms with E-state index in [1.165, 1.54) is 14.6 Å². The molecule has 20 heavy (non-hydrogen) atoms.